The van der Waals surface area contributed by atoms with Crippen LogP contribution in [-0.2, 0) is 7.05 Å². The summed E-state index contributed by atoms with van der Waals surface area (Å²) in [5.41, 5.74) is 0.531. The number of hydrogen-bond donors (Lipinski definition) is 0. The van der Waals surface area contributed by atoms with Crippen LogP contribution < -0.4 is 0 Å². The number of aromatic nitrogens is 5. The van der Waals surface area contributed by atoms with Crippen LogP contribution in [0.1, 0.15) is 0 Å². The van der Waals surface area contributed by atoms with E-state index in [0.29, 0.717) is 16.5 Å². The molecular weight excluding hydrogens is 269 g/mol. The minimum Gasteiger partial charge on any atom is -0.250 e. The van der Waals surface area contributed by atoms with Crippen molar-refractivity contribution in [1.29, 1.82) is 0 Å². The lowest BCUT2D eigenvalue weighted by Crippen LogP contribution is -1.92. The van der Waals surface area contributed by atoms with Crippen molar-refractivity contribution < 1.29 is 0 Å². The lowest BCUT2D eigenvalue weighted by atomic mass is 10.3. The van der Waals surface area contributed by atoms with Gasteiger partial charge in [-0.1, -0.05) is 11.6 Å². The molecule has 0 radical (unpaired) electrons. The van der Waals surface area contributed by atoms with E-state index in [4.69, 9.17) is 11.6 Å². The van der Waals surface area contributed by atoms with Gasteiger partial charge in [0.1, 0.15) is 5.69 Å². The van der Waals surface area contributed by atoms with Crippen molar-refractivity contribution in [2.24, 2.45) is 7.05 Å². The number of nitrogens with zero attached hydrogens (tertiary/aromatic N) is 5. The number of aryl methyl sites for hydroxylation is 1. The lowest BCUT2D eigenvalue weighted by Gasteiger charge is -1.97. The van der Waals surface area contributed by atoms with E-state index in [0.717, 1.165) is 4.47 Å². The number of tetrazole rings is 1. The Morgan fingerprint density at radius 3 is 2.86 bits per heavy atom. The Balaban J connectivity index is 2.52. The predicted octanol–water partition coefficient (Wildman–Crippen LogP) is 1.69. The second kappa shape index (κ2) is 3.62. The summed E-state index contributed by atoms with van der Waals surface area (Å²) < 4.78 is 0.815. The molecule has 7 heteroatoms. The fourth-order valence-electron chi connectivity index (χ4n) is 0.958. The fourth-order valence-corrected chi connectivity index (χ4v) is 1.67. The van der Waals surface area contributed by atoms with Crippen LogP contribution in [0.2, 0.25) is 5.02 Å². The third-order valence-electron chi connectivity index (χ3n) is 1.53. The Hall–Kier alpha value is -1.01. The van der Waals surface area contributed by atoms with Crippen molar-refractivity contribution in [3.05, 3.63) is 21.8 Å². The first-order chi connectivity index (χ1) is 6.66. The van der Waals surface area contributed by atoms with E-state index < -0.39 is 0 Å². The number of rotatable bonds is 1. The highest BCUT2D eigenvalue weighted by Gasteiger charge is 2.10. The Morgan fingerprint density at radius 2 is 2.29 bits per heavy atom. The molecular formula is C7H5BrClN5. The average Bonchev–Trinajstić information content (AvgIpc) is 2.51. The normalized spacial score (nSPS) is 10.5. The van der Waals surface area contributed by atoms with Gasteiger partial charge >= 0.3 is 0 Å². The quantitative estimate of drug-likeness (QED) is 0.794. The Bertz CT molecular complexity index is 469. The number of pyridine rings is 1. The van der Waals surface area contributed by atoms with Gasteiger partial charge in [-0.3, -0.25) is 4.98 Å². The maximum absolute atomic E-state index is 5.96. The van der Waals surface area contributed by atoms with Gasteiger partial charge < -0.3 is 0 Å². The van der Waals surface area contributed by atoms with Crippen LogP contribution in [0.4, 0.5) is 0 Å². The fraction of sp³-hybridized carbons (Fsp3) is 0.143. The third-order valence-corrected chi connectivity index (χ3v) is 2.25. The second-order valence-corrected chi connectivity index (χ2v) is 3.91. The summed E-state index contributed by atoms with van der Waals surface area (Å²) in [5.74, 6) is 0.421. The van der Waals surface area contributed by atoms with Gasteiger partial charge in [0.25, 0.3) is 0 Å². The third kappa shape index (κ3) is 1.76. The minimum atomic E-state index is 0.421. The van der Waals surface area contributed by atoms with Crippen LogP contribution in [0, 0.1) is 0 Å². The molecule has 0 aliphatic carbocycles. The van der Waals surface area contributed by atoms with Crippen molar-refractivity contribution in [2.75, 3.05) is 0 Å². The van der Waals surface area contributed by atoms with Crippen molar-refractivity contribution in [1.82, 2.24) is 25.2 Å². The standard InChI is InChI=1S/C7H5BrClN5/c1-14-12-7(11-13-14)6-5(9)2-4(8)3-10-6/h2-3H,1H3. The van der Waals surface area contributed by atoms with Gasteiger partial charge in [-0.2, -0.15) is 4.80 Å². The molecule has 5 nitrogen and oxygen atoms in total. The van der Waals surface area contributed by atoms with Crippen molar-refractivity contribution in [2.45, 2.75) is 0 Å². The SMILES string of the molecule is Cn1nnc(-c2ncc(Br)cc2Cl)n1. The molecule has 2 aromatic heterocycles. The predicted molar refractivity (Wildman–Crippen MR) is 54.7 cm³/mol. The van der Waals surface area contributed by atoms with E-state index in [1.165, 1.54) is 4.80 Å². The highest BCUT2D eigenvalue weighted by Crippen LogP contribution is 2.24. The molecule has 0 amide bonds. The monoisotopic (exact) mass is 273 g/mol. The zero-order chi connectivity index (χ0) is 10.1. The molecule has 0 fully saturated rings. The summed E-state index contributed by atoms with van der Waals surface area (Å²) >= 11 is 9.23. The molecule has 2 heterocycles. The molecule has 0 N–H and O–H groups in total. The van der Waals surface area contributed by atoms with E-state index in [2.05, 4.69) is 36.3 Å². The largest absolute Gasteiger partial charge is 0.250 e. The Kier molecular flexibility index (Phi) is 2.47. The van der Waals surface area contributed by atoms with Crippen LogP contribution in [0.5, 0.6) is 0 Å². The molecule has 0 aromatic carbocycles. The molecule has 0 saturated heterocycles. The van der Waals surface area contributed by atoms with Crippen molar-refractivity contribution in [3.8, 4) is 11.5 Å². The summed E-state index contributed by atoms with van der Waals surface area (Å²) in [6.07, 6.45) is 1.64. The van der Waals surface area contributed by atoms with Gasteiger partial charge in [-0.05, 0) is 27.2 Å². The van der Waals surface area contributed by atoms with Crippen LogP contribution in [0.25, 0.3) is 11.5 Å². The molecule has 0 saturated carbocycles. The van der Waals surface area contributed by atoms with Crippen LogP contribution in [0.3, 0.4) is 0 Å². The zero-order valence-corrected chi connectivity index (χ0v) is 9.49. The maximum atomic E-state index is 5.96. The van der Waals surface area contributed by atoms with Crippen molar-refractivity contribution in [3.63, 3.8) is 0 Å². The van der Waals surface area contributed by atoms with E-state index in [1.54, 1.807) is 19.3 Å². The Labute approximate surface area is 93.2 Å². The number of halogens is 2. The van der Waals surface area contributed by atoms with Gasteiger partial charge in [-0.25, -0.2) is 0 Å². The van der Waals surface area contributed by atoms with E-state index >= 15 is 0 Å². The van der Waals surface area contributed by atoms with Gasteiger partial charge in [0, 0.05) is 10.7 Å². The molecule has 0 unspecified atom stereocenters. The molecule has 14 heavy (non-hydrogen) atoms. The molecule has 0 spiro atoms. The van der Waals surface area contributed by atoms with E-state index in [-0.39, 0.29) is 0 Å². The van der Waals surface area contributed by atoms with Gasteiger partial charge in [-0.15, -0.1) is 10.2 Å². The lowest BCUT2D eigenvalue weighted by molar-refractivity contribution is 0.630. The first kappa shape index (κ1) is 9.54. The molecule has 0 bridgehead atoms. The first-order valence-electron chi connectivity index (χ1n) is 3.72. The summed E-state index contributed by atoms with van der Waals surface area (Å²) in [5, 5.41) is 12.0. The molecule has 0 aliphatic heterocycles. The molecule has 0 atom stereocenters. The van der Waals surface area contributed by atoms with E-state index in [1.807, 2.05) is 0 Å². The number of hydrogen-bond acceptors (Lipinski definition) is 4. The molecule has 0 aliphatic rings. The highest BCUT2D eigenvalue weighted by molar-refractivity contribution is 9.10. The zero-order valence-electron chi connectivity index (χ0n) is 7.15. The minimum absolute atomic E-state index is 0.421. The Morgan fingerprint density at radius 1 is 1.50 bits per heavy atom. The first-order valence-corrected chi connectivity index (χ1v) is 4.89. The summed E-state index contributed by atoms with van der Waals surface area (Å²) in [7, 11) is 1.68. The topological polar surface area (TPSA) is 56.5 Å². The maximum Gasteiger partial charge on any atom is 0.224 e. The summed E-state index contributed by atoms with van der Waals surface area (Å²) in [4.78, 5) is 5.46. The van der Waals surface area contributed by atoms with Gasteiger partial charge in [0.15, 0.2) is 0 Å². The van der Waals surface area contributed by atoms with E-state index in [9.17, 15) is 0 Å². The van der Waals surface area contributed by atoms with Crippen molar-refractivity contribution >= 4 is 27.5 Å². The highest BCUT2D eigenvalue weighted by atomic mass is 79.9. The van der Waals surface area contributed by atoms with Crippen LogP contribution >= 0.6 is 27.5 Å². The van der Waals surface area contributed by atoms with Crippen LogP contribution in [0.15, 0.2) is 16.7 Å². The molecule has 2 aromatic rings. The molecule has 72 valence electrons. The summed E-state index contributed by atoms with van der Waals surface area (Å²) in [6.45, 7) is 0. The molecule has 2 rings (SSSR count). The van der Waals surface area contributed by atoms with Gasteiger partial charge in [0.05, 0.1) is 12.1 Å². The smallest absolute Gasteiger partial charge is 0.224 e. The summed E-state index contributed by atoms with van der Waals surface area (Å²) in [6, 6.07) is 1.74. The van der Waals surface area contributed by atoms with Crippen LogP contribution in [-0.4, -0.2) is 25.2 Å². The second-order valence-electron chi connectivity index (χ2n) is 2.59. The average molecular weight is 275 g/mol. The van der Waals surface area contributed by atoms with Gasteiger partial charge in [0.2, 0.25) is 5.82 Å².